The van der Waals surface area contributed by atoms with Crippen LogP contribution < -0.4 is 5.32 Å². The molecule has 63 heavy (non-hydrogen) atoms. The lowest BCUT2D eigenvalue weighted by Gasteiger charge is -2.22. The van der Waals surface area contributed by atoms with Gasteiger partial charge in [-0.05, 0) is 25.7 Å². The number of unbranched alkanes of at least 4 members (excludes halogenated alkanes) is 43. The maximum absolute atomic E-state index is 12.5. The summed E-state index contributed by atoms with van der Waals surface area (Å²) < 4.78 is 5.46. The standard InChI is InChI=1S/C57H113NO5/c1-3-5-7-9-11-13-15-17-18-19-20-21-22-23-24-25-27-29-33-37-41-45-49-55(60)54(53-59)58-56(61)50-46-42-38-34-30-28-32-36-40-44-48-52-63-57(62)51-47-43-39-35-31-26-16-14-12-10-8-6-4-2/h54-55,59-60H,3-53H2,1-2H3,(H,58,61). The molecule has 3 N–H and O–H groups in total. The van der Waals surface area contributed by atoms with Crippen LogP contribution in [0.2, 0.25) is 0 Å². The average molecular weight is 893 g/mol. The monoisotopic (exact) mass is 892 g/mol. The second kappa shape index (κ2) is 53.5. The summed E-state index contributed by atoms with van der Waals surface area (Å²) in [5.41, 5.74) is 0. The Kier molecular flexibility index (Phi) is 52.5. The molecule has 0 aliphatic carbocycles. The largest absolute Gasteiger partial charge is 0.466 e. The maximum atomic E-state index is 12.5. The number of nitrogens with one attached hydrogen (secondary N) is 1. The first-order valence-corrected chi connectivity index (χ1v) is 28.8. The van der Waals surface area contributed by atoms with E-state index in [1.165, 1.54) is 238 Å². The van der Waals surface area contributed by atoms with Gasteiger partial charge in [-0.2, -0.15) is 0 Å². The summed E-state index contributed by atoms with van der Waals surface area (Å²) in [6.07, 6.45) is 60.9. The zero-order chi connectivity index (χ0) is 45.8. The van der Waals surface area contributed by atoms with Crippen molar-refractivity contribution in [1.82, 2.24) is 5.32 Å². The molecule has 2 atom stereocenters. The van der Waals surface area contributed by atoms with Gasteiger partial charge in [-0.15, -0.1) is 0 Å². The van der Waals surface area contributed by atoms with Gasteiger partial charge in [0.25, 0.3) is 0 Å². The van der Waals surface area contributed by atoms with E-state index >= 15 is 0 Å². The van der Waals surface area contributed by atoms with Crippen molar-refractivity contribution < 1.29 is 24.5 Å². The number of carbonyl (C=O) groups excluding carboxylic acids is 2. The van der Waals surface area contributed by atoms with Crippen molar-refractivity contribution in [2.75, 3.05) is 13.2 Å². The van der Waals surface area contributed by atoms with E-state index in [4.69, 9.17) is 4.74 Å². The molecule has 376 valence electrons. The third-order valence-corrected chi connectivity index (χ3v) is 13.7. The molecule has 0 aromatic carbocycles. The lowest BCUT2D eigenvalue weighted by atomic mass is 10.0. The second-order valence-electron chi connectivity index (χ2n) is 20.0. The van der Waals surface area contributed by atoms with E-state index in [1.807, 2.05) is 0 Å². The predicted octanol–water partition coefficient (Wildman–Crippen LogP) is 17.5. The molecule has 6 nitrogen and oxygen atoms in total. The van der Waals surface area contributed by atoms with Crippen LogP contribution in [0.1, 0.15) is 328 Å². The van der Waals surface area contributed by atoms with Gasteiger partial charge >= 0.3 is 5.97 Å². The number of aliphatic hydroxyl groups is 2. The number of hydrogen-bond donors (Lipinski definition) is 3. The molecule has 0 heterocycles. The molecule has 0 aliphatic heterocycles. The number of carbonyl (C=O) groups is 2. The van der Waals surface area contributed by atoms with Crippen molar-refractivity contribution in [3.8, 4) is 0 Å². The molecule has 0 aromatic heterocycles. The van der Waals surface area contributed by atoms with Gasteiger partial charge in [0.1, 0.15) is 0 Å². The third kappa shape index (κ3) is 50.1. The first kappa shape index (κ1) is 61.9. The summed E-state index contributed by atoms with van der Waals surface area (Å²) in [7, 11) is 0. The molecule has 0 fully saturated rings. The lowest BCUT2D eigenvalue weighted by Crippen LogP contribution is -2.45. The van der Waals surface area contributed by atoms with Crippen LogP contribution in [0.3, 0.4) is 0 Å². The zero-order valence-electron chi connectivity index (χ0n) is 42.8. The number of esters is 1. The quantitative estimate of drug-likeness (QED) is 0.0418. The minimum Gasteiger partial charge on any atom is -0.466 e. The van der Waals surface area contributed by atoms with E-state index in [2.05, 4.69) is 19.2 Å². The van der Waals surface area contributed by atoms with Crippen molar-refractivity contribution >= 4 is 11.9 Å². The van der Waals surface area contributed by atoms with Crippen molar-refractivity contribution in [3.05, 3.63) is 0 Å². The predicted molar refractivity (Wildman–Crippen MR) is 274 cm³/mol. The number of amides is 1. The zero-order valence-corrected chi connectivity index (χ0v) is 42.8. The highest BCUT2D eigenvalue weighted by Gasteiger charge is 2.20. The van der Waals surface area contributed by atoms with E-state index in [1.54, 1.807) is 0 Å². The van der Waals surface area contributed by atoms with Crippen LogP contribution in [-0.2, 0) is 14.3 Å². The highest BCUT2D eigenvalue weighted by Crippen LogP contribution is 2.18. The SMILES string of the molecule is CCCCCCCCCCCCCCCCCCCCCCCCC(O)C(CO)NC(=O)CCCCCCCCCCCCCOC(=O)CCCCCCCCCCCCCCC. The summed E-state index contributed by atoms with van der Waals surface area (Å²) in [6, 6.07) is -0.554. The molecule has 0 spiro atoms. The molecule has 1 amide bonds. The molecule has 0 rings (SSSR count). The Morgan fingerprint density at radius 3 is 0.968 bits per heavy atom. The smallest absolute Gasteiger partial charge is 0.305 e. The average Bonchev–Trinajstić information content (AvgIpc) is 3.28. The first-order chi connectivity index (χ1) is 31.0. The Morgan fingerprint density at radius 2 is 0.651 bits per heavy atom. The molecule has 0 bridgehead atoms. The number of hydrogen-bond acceptors (Lipinski definition) is 5. The molecule has 0 saturated heterocycles. The summed E-state index contributed by atoms with van der Waals surface area (Å²) in [6.45, 7) is 4.94. The van der Waals surface area contributed by atoms with Crippen LogP contribution in [0.25, 0.3) is 0 Å². The minimum atomic E-state index is -0.676. The lowest BCUT2D eigenvalue weighted by molar-refractivity contribution is -0.143. The molecular formula is C57H113NO5. The minimum absolute atomic E-state index is 0.0106. The van der Waals surface area contributed by atoms with Gasteiger partial charge in [-0.1, -0.05) is 290 Å². The van der Waals surface area contributed by atoms with Crippen LogP contribution >= 0.6 is 0 Å². The Bertz CT molecular complexity index is 898. The van der Waals surface area contributed by atoms with Crippen molar-refractivity contribution in [2.45, 2.75) is 341 Å². The number of ether oxygens (including phenoxy) is 1. The van der Waals surface area contributed by atoms with Gasteiger partial charge in [0, 0.05) is 12.8 Å². The van der Waals surface area contributed by atoms with Gasteiger partial charge in [0.2, 0.25) is 5.91 Å². The van der Waals surface area contributed by atoms with Crippen molar-refractivity contribution in [1.29, 1.82) is 0 Å². The molecule has 0 aromatic rings. The van der Waals surface area contributed by atoms with E-state index < -0.39 is 12.1 Å². The van der Waals surface area contributed by atoms with Crippen LogP contribution in [0.4, 0.5) is 0 Å². The van der Waals surface area contributed by atoms with Gasteiger partial charge in [0.15, 0.2) is 0 Å². The van der Waals surface area contributed by atoms with Crippen LogP contribution in [0.15, 0.2) is 0 Å². The molecule has 2 unspecified atom stereocenters. The number of rotatable bonds is 54. The van der Waals surface area contributed by atoms with Crippen molar-refractivity contribution in [2.24, 2.45) is 0 Å². The van der Waals surface area contributed by atoms with Gasteiger partial charge in [0.05, 0.1) is 25.4 Å². The third-order valence-electron chi connectivity index (χ3n) is 13.7. The fraction of sp³-hybridized carbons (Fsp3) is 0.965. The summed E-state index contributed by atoms with van der Waals surface area (Å²) in [5.74, 6) is -0.0599. The van der Waals surface area contributed by atoms with Gasteiger partial charge in [-0.3, -0.25) is 9.59 Å². The Morgan fingerprint density at radius 1 is 0.381 bits per heavy atom. The summed E-state index contributed by atoms with van der Waals surface area (Å²) in [5, 5.41) is 23.3. The highest BCUT2D eigenvalue weighted by molar-refractivity contribution is 5.76. The van der Waals surface area contributed by atoms with Crippen LogP contribution in [-0.4, -0.2) is 47.4 Å². The molecular weight excluding hydrogens is 779 g/mol. The van der Waals surface area contributed by atoms with Crippen LogP contribution in [0, 0.1) is 0 Å². The molecule has 0 aliphatic rings. The Hall–Kier alpha value is -1.14. The second-order valence-corrected chi connectivity index (χ2v) is 20.0. The van der Waals surface area contributed by atoms with E-state index in [0.29, 0.717) is 25.9 Å². The maximum Gasteiger partial charge on any atom is 0.305 e. The molecule has 0 radical (unpaired) electrons. The fourth-order valence-corrected chi connectivity index (χ4v) is 9.23. The fourth-order valence-electron chi connectivity index (χ4n) is 9.23. The number of aliphatic hydroxyl groups excluding tert-OH is 2. The highest BCUT2D eigenvalue weighted by atomic mass is 16.5. The van der Waals surface area contributed by atoms with E-state index in [0.717, 1.165) is 57.8 Å². The van der Waals surface area contributed by atoms with E-state index in [9.17, 15) is 19.8 Å². The van der Waals surface area contributed by atoms with Gasteiger partial charge < -0.3 is 20.3 Å². The van der Waals surface area contributed by atoms with E-state index in [-0.39, 0.29) is 18.5 Å². The van der Waals surface area contributed by atoms with Gasteiger partial charge in [-0.25, -0.2) is 0 Å². The topological polar surface area (TPSA) is 95.9 Å². The first-order valence-electron chi connectivity index (χ1n) is 28.8. The van der Waals surface area contributed by atoms with Crippen molar-refractivity contribution in [3.63, 3.8) is 0 Å². The summed E-state index contributed by atoms with van der Waals surface area (Å²) >= 11 is 0. The van der Waals surface area contributed by atoms with Crippen LogP contribution in [0.5, 0.6) is 0 Å². The Labute approximate surface area is 394 Å². The Balaban J connectivity index is 3.45. The molecule has 0 saturated carbocycles. The molecule has 6 heteroatoms. The normalized spacial score (nSPS) is 12.5. The summed E-state index contributed by atoms with van der Waals surface area (Å²) in [4.78, 5) is 24.5.